The molecule has 0 aliphatic heterocycles. The topological polar surface area (TPSA) is 128 Å². The maximum absolute atomic E-state index is 9.20. The molecule has 0 aliphatic carbocycles. The molecule has 3 N–H and O–H groups in total. The van der Waals surface area contributed by atoms with E-state index in [1.54, 1.807) is 18.3 Å². The molecule has 10 heteroatoms. The number of thiazole rings is 1. The van der Waals surface area contributed by atoms with Gasteiger partial charge in [0, 0.05) is 18.0 Å². The Kier molecular flexibility index (Phi) is 4.37. The van der Waals surface area contributed by atoms with Crippen LogP contribution in [0.1, 0.15) is 17.2 Å². The minimum Gasteiger partial charge on any atom is -0.388 e. The van der Waals surface area contributed by atoms with Crippen LogP contribution >= 0.6 is 11.3 Å². The lowest BCUT2D eigenvalue weighted by Gasteiger charge is -2.05. The van der Waals surface area contributed by atoms with E-state index >= 15 is 0 Å². The molecule has 0 unspecified atom stereocenters. The highest BCUT2D eigenvalue weighted by atomic mass is 32.1. The van der Waals surface area contributed by atoms with E-state index in [0.29, 0.717) is 22.5 Å². The smallest absolute Gasteiger partial charge is 0.248 e. The molecule has 4 rings (SSSR count). The highest BCUT2D eigenvalue weighted by molar-refractivity contribution is 7.18. The summed E-state index contributed by atoms with van der Waals surface area (Å²) >= 11 is 1.41. The molecule has 134 valence electrons. The molecule has 0 saturated heterocycles. The maximum atomic E-state index is 9.20. The Morgan fingerprint density at radius 3 is 2.96 bits per heavy atom. The van der Waals surface area contributed by atoms with E-state index in [-0.39, 0.29) is 6.61 Å². The average molecular weight is 378 g/mol. The molecule has 4 aromatic rings. The van der Waals surface area contributed by atoms with Crippen LogP contribution in [0.3, 0.4) is 0 Å². The zero-order valence-corrected chi connectivity index (χ0v) is 15.0. The van der Waals surface area contributed by atoms with Gasteiger partial charge in [-0.25, -0.2) is 9.97 Å². The summed E-state index contributed by atoms with van der Waals surface area (Å²) in [6, 6.07) is 9.44. The summed E-state index contributed by atoms with van der Waals surface area (Å²) in [7, 11) is 0. The van der Waals surface area contributed by atoms with E-state index < -0.39 is 0 Å². The Labute approximate surface area is 158 Å². The highest BCUT2D eigenvalue weighted by Crippen LogP contribution is 2.36. The molecule has 1 aromatic carbocycles. The normalized spacial score (nSPS) is 10.7. The molecule has 9 nitrogen and oxygen atoms in total. The molecule has 0 radical (unpaired) electrons. The molecule has 3 aromatic heterocycles. The van der Waals surface area contributed by atoms with Gasteiger partial charge in [-0.1, -0.05) is 23.5 Å². The number of aliphatic hydroxyl groups is 1. The van der Waals surface area contributed by atoms with Gasteiger partial charge in [-0.2, -0.15) is 10.2 Å². The van der Waals surface area contributed by atoms with Crippen LogP contribution in [0.15, 0.2) is 36.7 Å². The van der Waals surface area contributed by atoms with E-state index in [0.717, 1.165) is 22.1 Å². The second-order valence-electron chi connectivity index (χ2n) is 5.60. The third-order valence-electron chi connectivity index (χ3n) is 3.82. The summed E-state index contributed by atoms with van der Waals surface area (Å²) in [6.07, 6.45) is 3.58. The number of hydrogen-bond acceptors (Lipinski definition) is 8. The number of nitriles is 1. The second kappa shape index (κ2) is 6.99. The van der Waals surface area contributed by atoms with Gasteiger partial charge in [-0.15, -0.1) is 5.10 Å². The monoisotopic (exact) mass is 378 g/mol. The molecular formula is C17H14N8OS. The van der Waals surface area contributed by atoms with E-state index in [4.69, 9.17) is 5.11 Å². The number of rotatable bonds is 5. The quantitative estimate of drug-likeness (QED) is 0.487. The molecule has 3 heterocycles. The number of nitrogens with zero attached hydrogens (tertiary/aromatic N) is 6. The first-order valence-corrected chi connectivity index (χ1v) is 8.80. The van der Waals surface area contributed by atoms with Crippen LogP contribution in [0, 0.1) is 18.3 Å². The summed E-state index contributed by atoms with van der Waals surface area (Å²) in [5, 5.41) is 29.4. The molecule has 27 heavy (non-hydrogen) atoms. The number of aliphatic hydroxyl groups excluding tert-OH is 1. The van der Waals surface area contributed by atoms with Crippen molar-refractivity contribution in [2.24, 2.45) is 0 Å². The van der Waals surface area contributed by atoms with Gasteiger partial charge in [-0.05, 0) is 19.1 Å². The van der Waals surface area contributed by atoms with Crippen molar-refractivity contribution in [1.82, 2.24) is 29.7 Å². The SMILES string of the molecule is Cc1nccn1-c1sc(Nc2n[nH]c(CO)n2)nc1-c1cccc(C#N)c1. The Balaban J connectivity index is 1.79. The average Bonchev–Trinajstić information content (AvgIpc) is 3.41. The number of H-pyrrole nitrogens is 1. The van der Waals surface area contributed by atoms with E-state index in [1.807, 2.05) is 29.8 Å². The van der Waals surface area contributed by atoms with Gasteiger partial charge in [0.1, 0.15) is 23.1 Å². The molecule has 0 fully saturated rings. The third kappa shape index (κ3) is 3.29. The Morgan fingerprint density at radius 1 is 1.37 bits per heavy atom. The van der Waals surface area contributed by atoms with Gasteiger partial charge < -0.3 is 5.11 Å². The van der Waals surface area contributed by atoms with E-state index in [2.05, 4.69) is 36.5 Å². The fourth-order valence-electron chi connectivity index (χ4n) is 2.56. The predicted molar refractivity (Wildman–Crippen MR) is 99.7 cm³/mol. The summed E-state index contributed by atoms with van der Waals surface area (Å²) in [5.74, 6) is 1.50. The molecule has 0 atom stereocenters. The van der Waals surface area contributed by atoms with Crippen LogP contribution < -0.4 is 5.32 Å². The first-order valence-electron chi connectivity index (χ1n) is 7.99. The molecular weight excluding hydrogens is 364 g/mol. The zero-order valence-electron chi connectivity index (χ0n) is 14.2. The third-order valence-corrected chi connectivity index (χ3v) is 4.79. The van der Waals surface area contributed by atoms with Crippen molar-refractivity contribution in [3.63, 3.8) is 0 Å². The number of imidazole rings is 1. The Morgan fingerprint density at radius 2 is 2.26 bits per heavy atom. The van der Waals surface area contributed by atoms with E-state index in [1.165, 1.54) is 11.3 Å². The van der Waals surface area contributed by atoms with Crippen molar-refractivity contribution in [3.05, 3.63) is 53.9 Å². The standard InChI is InChI=1S/C17H14N8OS/c1-10-19-5-6-25(10)15-14(12-4-2-3-11(7-12)8-18)21-17(27-15)22-16-20-13(9-26)23-24-16/h2-7,26H,9H2,1H3,(H2,20,21,22,23,24). The van der Waals surface area contributed by atoms with Gasteiger partial charge >= 0.3 is 0 Å². The molecule has 0 amide bonds. The van der Waals surface area contributed by atoms with Gasteiger partial charge in [0.2, 0.25) is 5.95 Å². The lowest BCUT2D eigenvalue weighted by molar-refractivity contribution is 0.272. The minimum atomic E-state index is -0.224. The van der Waals surface area contributed by atoms with Crippen LogP contribution in [-0.2, 0) is 6.61 Å². The lowest BCUT2D eigenvalue weighted by atomic mass is 10.1. The molecule has 0 bridgehead atoms. The number of benzene rings is 1. The Hall–Kier alpha value is -3.55. The summed E-state index contributed by atoms with van der Waals surface area (Å²) in [6.45, 7) is 1.68. The van der Waals surface area contributed by atoms with Crippen molar-refractivity contribution in [2.45, 2.75) is 13.5 Å². The number of anilines is 2. The fraction of sp³-hybridized carbons (Fsp3) is 0.118. The summed E-state index contributed by atoms with van der Waals surface area (Å²) < 4.78 is 1.94. The first kappa shape index (κ1) is 16.9. The van der Waals surface area contributed by atoms with Crippen LogP contribution in [0.2, 0.25) is 0 Å². The lowest BCUT2D eigenvalue weighted by Crippen LogP contribution is -1.95. The Bertz CT molecular complexity index is 1140. The number of aromatic amines is 1. The largest absolute Gasteiger partial charge is 0.388 e. The molecule has 0 saturated carbocycles. The summed E-state index contributed by atoms with van der Waals surface area (Å²) in [5.41, 5.74) is 2.11. The maximum Gasteiger partial charge on any atom is 0.248 e. The number of aromatic nitrogens is 6. The van der Waals surface area contributed by atoms with Crippen LogP contribution in [0.4, 0.5) is 11.1 Å². The predicted octanol–water partition coefficient (Wildman–Crippen LogP) is 2.53. The van der Waals surface area contributed by atoms with Crippen molar-refractivity contribution in [1.29, 1.82) is 5.26 Å². The fourth-order valence-corrected chi connectivity index (χ4v) is 3.58. The molecule has 0 aliphatic rings. The van der Waals surface area contributed by atoms with E-state index in [9.17, 15) is 5.26 Å². The van der Waals surface area contributed by atoms with Crippen molar-refractivity contribution >= 4 is 22.4 Å². The number of aryl methyl sites for hydroxylation is 1. The molecule has 0 spiro atoms. The van der Waals surface area contributed by atoms with Crippen LogP contribution in [0.25, 0.3) is 16.3 Å². The first-order chi connectivity index (χ1) is 13.2. The van der Waals surface area contributed by atoms with Crippen LogP contribution in [0.5, 0.6) is 0 Å². The second-order valence-corrected chi connectivity index (χ2v) is 6.58. The summed E-state index contributed by atoms with van der Waals surface area (Å²) in [4.78, 5) is 13.1. The minimum absolute atomic E-state index is 0.224. The van der Waals surface area contributed by atoms with Crippen LogP contribution in [-0.4, -0.2) is 34.8 Å². The van der Waals surface area contributed by atoms with Crippen molar-refractivity contribution in [2.75, 3.05) is 5.32 Å². The van der Waals surface area contributed by atoms with Gasteiger partial charge in [0.25, 0.3) is 0 Å². The van der Waals surface area contributed by atoms with Gasteiger partial charge in [-0.3, -0.25) is 15.0 Å². The van der Waals surface area contributed by atoms with Crippen molar-refractivity contribution < 1.29 is 5.11 Å². The van der Waals surface area contributed by atoms with Gasteiger partial charge in [0.15, 0.2) is 11.0 Å². The zero-order chi connectivity index (χ0) is 18.8. The van der Waals surface area contributed by atoms with Crippen molar-refractivity contribution in [3.8, 4) is 22.3 Å². The highest BCUT2D eigenvalue weighted by Gasteiger charge is 2.17. The number of hydrogen-bond donors (Lipinski definition) is 3. The van der Waals surface area contributed by atoms with Gasteiger partial charge in [0.05, 0.1) is 11.6 Å². The number of nitrogens with one attached hydrogen (secondary N) is 2.